The molecule has 9 heteroatoms. The fourth-order valence-corrected chi connectivity index (χ4v) is 6.82. The van der Waals surface area contributed by atoms with Gasteiger partial charge >= 0.3 is 6.03 Å². The summed E-state index contributed by atoms with van der Waals surface area (Å²) in [5, 5.41) is 10.6. The summed E-state index contributed by atoms with van der Waals surface area (Å²) < 4.78 is 0. The summed E-state index contributed by atoms with van der Waals surface area (Å²) in [6.07, 6.45) is 5.70. The van der Waals surface area contributed by atoms with Crippen molar-refractivity contribution in [2.45, 2.75) is 83.0 Å². The summed E-state index contributed by atoms with van der Waals surface area (Å²) in [5.74, 6) is -0.783. The Morgan fingerprint density at radius 3 is 2.22 bits per heavy atom. The molecule has 1 aliphatic heterocycles. The number of hydrogen-bond donors (Lipinski definition) is 4. The minimum Gasteiger partial charge on any atom is -0.352 e. The van der Waals surface area contributed by atoms with Crippen molar-refractivity contribution in [3.63, 3.8) is 0 Å². The smallest absolute Gasteiger partial charge is 0.313 e. The molecule has 0 radical (unpaired) electrons. The maximum absolute atomic E-state index is 14.5. The molecule has 45 heavy (non-hydrogen) atoms. The summed E-state index contributed by atoms with van der Waals surface area (Å²) in [6, 6.07) is 21.0. The van der Waals surface area contributed by atoms with E-state index < -0.39 is 24.3 Å². The molecule has 0 aromatic heterocycles. The fraction of sp³-hybridized carbons (Fsp3) is 0.444. The number of rotatable bonds is 10. The lowest BCUT2D eigenvalue weighted by Crippen LogP contribution is -2.58. The van der Waals surface area contributed by atoms with Gasteiger partial charge < -0.3 is 26.6 Å². The first-order valence-electron chi connectivity index (χ1n) is 16.2. The van der Waals surface area contributed by atoms with Crippen LogP contribution in [-0.4, -0.2) is 53.4 Å². The van der Waals surface area contributed by atoms with Gasteiger partial charge in [-0.05, 0) is 53.1 Å². The van der Waals surface area contributed by atoms with Crippen LogP contribution in [0.15, 0.2) is 72.8 Å². The van der Waals surface area contributed by atoms with E-state index in [1.165, 1.54) is 6.42 Å². The Morgan fingerprint density at radius 2 is 1.53 bits per heavy atom. The zero-order valence-corrected chi connectivity index (χ0v) is 26.2. The van der Waals surface area contributed by atoms with Gasteiger partial charge in [0.2, 0.25) is 11.8 Å². The monoisotopic (exact) mass is 611 g/mol. The number of nitrogens with zero attached hydrogens (tertiary/aromatic N) is 1. The molecular weight excluding hydrogens is 566 g/mol. The van der Waals surface area contributed by atoms with Gasteiger partial charge in [-0.2, -0.15) is 0 Å². The van der Waals surface area contributed by atoms with Crippen LogP contribution in [0.25, 0.3) is 10.8 Å². The summed E-state index contributed by atoms with van der Waals surface area (Å²) in [4.78, 5) is 55.3. The van der Waals surface area contributed by atoms with E-state index >= 15 is 0 Å². The molecule has 1 heterocycles. The van der Waals surface area contributed by atoms with E-state index in [9.17, 15) is 19.2 Å². The van der Waals surface area contributed by atoms with Crippen molar-refractivity contribution in [2.24, 2.45) is 17.6 Å². The van der Waals surface area contributed by atoms with Crippen molar-refractivity contribution in [3.05, 3.63) is 83.9 Å². The van der Waals surface area contributed by atoms with Crippen LogP contribution in [0.4, 0.5) is 4.79 Å². The van der Waals surface area contributed by atoms with Crippen molar-refractivity contribution in [3.8, 4) is 0 Å². The minimum absolute atomic E-state index is 0.0565. The molecule has 0 spiro atoms. The Balaban J connectivity index is 1.42. The molecule has 1 saturated heterocycles. The highest BCUT2D eigenvalue weighted by Gasteiger charge is 2.43. The number of nitrogens with two attached hydrogens (primary N) is 1. The average Bonchev–Trinajstić information content (AvgIpc) is 3.50. The first-order chi connectivity index (χ1) is 21.7. The molecule has 5 rings (SSSR count). The lowest BCUT2D eigenvalue weighted by atomic mass is 9.84. The quantitative estimate of drug-likeness (QED) is 0.239. The Labute approximate surface area is 265 Å². The lowest BCUT2D eigenvalue weighted by Gasteiger charge is -2.32. The number of benzene rings is 3. The second-order valence-electron chi connectivity index (χ2n) is 12.9. The van der Waals surface area contributed by atoms with Crippen molar-refractivity contribution in [1.29, 1.82) is 0 Å². The van der Waals surface area contributed by atoms with E-state index in [4.69, 9.17) is 5.73 Å². The van der Waals surface area contributed by atoms with Crippen LogP contribution in [0.2, 0.25) is 0 Å². The SMILES string of the molecule is CC(C)C(NC(N)=O)NC(=O)[C@@H]1C[C@H](c2ccccc2)CN1C(=O)[C@@H](CC1CCCCC1)NC(=O)c1ccc2ccccc2c1. The van der Waals surface area contributed by atoms with Crippen LogP contribution in [0.5, 0.6) is 0 Å². The predicted molar refractivity (Wildman–Crippen MR) is 175 cm³/mol. The number of amides is 5. The van der Waals surface area contributed by atoms with E-state index in [0.717, 1.165) is 42.0 Å². The molecular formula is C36H45N5O4. The molecule has 5 amide bonds. The van der Waals surface area contributed by atoms with Crippen molar-refractivity contribution < 1.29 is 19.2 Å². The molecule has 3 aromatic carbocycles. The van der Waals surface area contributed by atoms with Crippen molar-refractivity contribution in [2.75, 3.05) is 6.54 Å². The molecule has 0 bridgehead atoms. The van der Waals surface area contributed by atoms with Crippen LogP contribution >= 0.6 is 0 Å². The van der Waals surface area contributed by atoms with E-state index in [2.05, 4.69) is 16.0 Å². The molecule has 4 atom stereocenters. The maximum Gasteiger partial charge on any atom is 0.313 e. The number of carbonyl (C=O) groups excluding carboxylic acids is 4. The number of nitrogens with one attached hydrogen (secondary N) is 3. The van der Waals surface area contributed by atoms with Crippen LogP contribution < -0.4 is 21.7 Å². The predicted octanol–water partition coefficient (Wildman–Crippen LogP) is 5.06. The van der Waals surface area contributed by atoms with Gasteiger partial charge in [0, 0.05) is 18.0 Å². The number of fused-ring (bicyclic) bond motifs is 1. The Kier molecular flexibility index (Phi) is 10.4. The molecule has 238 valence electrons. The molecule has 5 N–H and O–H groups in total. The number of primary amides is 1. The molecule has 1 aliphatic carbocycles. The summed E-state index contributed by atoms with van der Waals surface area (Å²) >= 11 is 0. The molecule has 2 aliphatic rings. The third-order valence-electron chi connectivity index (χ3n) is 9.33. The fourth-order valence-electron chi connectivity index (χ4n) is 6.82. The second kappa shape index (κ2) is 14.6. The molecule has 1 saturated carbocycles. The number of carbonyl (C=O) groups is 4. The van der Waals surface area contributed by atoms with E-state index in [1.54, 1.807) is 11.0 Å². The lowest BCUT2D eigenvalue weighted by molar-refractivity contribution is -0.140. The normalized spacial score (nSPS) is 20.0. The zero-order chi connectivity index (χ0) is 31.9. The van der Waals surface area contributed by atoms with Gasteiger partial charge in [0.05, 0.1) is 0 Å². The van der Waals surface area contributed by atoms with E-state index in [1.807, 2.05) is 80.6 Å². The highest BCUT2D eigenvalue weighted by Crippen LogP contribution is 2.34. The number of likely N-dealkylation sites (tertiary alicyclic amines) is 1. The highest BCUT2D eigenvalue weighted by molar-refractivity contribution is 6.01. The summed E-state index contributed by atoms with van der Waals surface area (Å²) in [6.45, 7) is 4.09. The van der Waals surface area contributed by atoms with Gasteiger partial charge in [-0.25, -0.2) is 4.79 Å². The third kappa shape index (κ3) is 8.01. The van der Waals surface area contributed by atoms with Crippen LogP contribution in [0.1, 0.15) is 80.6 Å². The average molecular weight is 612 g/mol. The zero-order valence-electron chi connectivity index (χ0n) is 26.2. The van der Waals surface area contributed by atoms with Gasteiger partial charge in [0.1, 0.15) is 18.2 Å². The summed E-state index contributed by atoms with van der Waals surface area (Å²) in [5.41, 5.74) is 6.92. The first kappa shape index (κ1) is 32.0. The van der Waals surface area contributed by atoms with Gasteiger partial charge in [-0.1, -0.05) is 107 Å². The molecule has 9 nitrogen and oxygen atoms in total. The topological polar surface area (TPSA) is 134 Å². The van der Waals surface area contributed by atoms with Gasteiger partial charge in [-0.3, -0.25) is 14.4 Å². The van der Waals surface area contributed by atoms with E-state index in [-0.39, 0.29) is 29.6 Å². The molecule has 1 unspecified atom stereocenters. The number of urea groups is 1. The van der Waals surface area contributed by atoms with Crippen LogP contribution in [0, 0.1) is 11.8 Å². The Hall–Kier alpha value is -4.40. The van der Waals surface area contributed by atoms with Crippen molar-refractivity contribution in [1.82, 2.24) is 20.9 Å². The van der Waals surface area contributed by atoms with Crippen LogP contribution in [-0.2, 0) is 9.59 Å². The number of hydrogen-bond acceptors (Lipinski definition) is 4. The third-order valence-corrected chi connectivity index (χ3v) is 9.33. The Morgan fingerprint density at radius 1 is 0.844 bits per heavy atom. The molecule has 2 fully saturated rings. The standard InChI is InChI=1S/C36H45N5O4/c1-23(2)32(40-36(37)45)39-34(43)31-21-29(25-13-7-4-8-14-25)22-41(31)35(44)30(19-24-11-5-3-6-12-24)38-33(42)28-18-17-26-15-9-10-16-27(26)20-28/h4,7-10,13-18,20,23-24,29-32H,3,5-6,11-12,19,21-22H2,1-2H3,(H,38,42)(H,39,43)(H3,37,40,45)/t29-,30+,31-,32?/m0/s1. The van der Waals surface area contributed by atoms with Gasteiger partial charge in [0.25, 0.3) is 5.91 Å². The maximum atomic E-state index is 14.5. The minimum atomic E-state index is -0.776. The van der Waals surface area contributed by atoms with Gasteiger partial charge in [-0.15, -0.1) is 0 Å². The second-order valence-corrected chi connectivity index (χ2v) is 12.9. The Bertz CT molecular complexity index is 1500. The van der Waals surface area contributed by atoms with Crippen LogP contribution in [0.3, 0.4) is 0 Å². The van der Waals surface area contributed by atoms with Gasteiger partial charge in [0.15, 0.2) is 0 Å². The highest BCUT2D eigenvalue weighted by atomic mass is 16.2. The van der Waals surface area contributed by atoms with E-state index in [0.29, 0.717) is 30.9 Å². The summed E-state index contributed by atoms with van der Waals surface area (Å²) in [7, 11) is 0. The first-order valence-corrected chi connectivity index (χ1v) is 16.2. The van der Waals surface area contributed by atoms with Crippen molar-refractivity contribution >= 4 is 34.5 Å². The molecule has 3 aromatic rings. The largest absolute Gasteiger partial charge is 0.352 e.